The van der Waals surface area contributed by atoms with Crippen molar-refractivity contribution in [3.63, 3.8) is 0 Å². The first-order chi connectivity index (χ1) is 10.1. The second-order valence-corrected chi connectivity index (χ2v) is 5.86. The fourth-order valence-electron chi connectivity index (χ4n) is 2.85. The van der Waals surface area contributed by atoms with Crippen molar-refractivity contribution in [3.8, 4) is 0 Å². The highest BCUT2D eigenvalue weighted by molar-refractivity contribution is 5.30. The van der Waals surface area contributed by atoms with E-state index >= 15 is 0 Å². The van der Waals surface area contributed by atoms with Crippen LogP contribution >= 0.6 is 0 Å². The average Bonchev–Trinajstić information content (AvgIpc) is 2.86. The number of nitrogens with zero attached hydrogens (tertiary/aromatic N) is 2. The third-order valence-corrected chi connectivity index (χ3v) is 3.85. The van der Waals surface area contributed by atoms with Crippen LogP contribution in [0.5, 0.6) is 0 Å². The van der Waals surface area contributed by atoms with Crippen LogP contribution in [0.15, 0.2) is 22.7 Å². The largest absolute Gasteiger partial charge is 0.381 e. The molecule has 2 unspecified atom stereocenters. The molecule has 21 heavy (non-hydrogen) atoms. The van der Waals surface area contributed by atoms with E-state index in [9.17, 15) is 0 Å². The topological polar surface area (TPSA) is 74.2 Å². The van der Waals surface area contributed by atoms with Crippen molar-refractivity contribution in [1.82, 2.24) is 10.1 Å². The van der Waals surface area contributed by atoms with Gasteiger partial charge in [-0.1, -0.05) is 34.5 Å². The molecular formula is C16H21N3O2. The van der Waals surface area contributed by atoms with Crippen molar-refractivity contribution >= 4 is 0 Å². The number of ether oxygens (including phenoxy) is 1. The van der Waals surface area contributed by atoms with E-state index < -0.39 is 0 Å². The van der Waals surface area contributed by atoms with Gasteiger partial charge in [-0.2, -0.15) is 4.98 Å². The Labute approximate surface area is 124 Å². The van der Waals surface area contributed by atoms with Crippen LogP contribution in [-0.4, -0.2) is 29.4 Å². The molecule has 2 N–H and O–H groups in total. The van der Waals surface area contributed by atoms with Crippen molar-refractivity contribution < 1.29 is 9.26 Å². The molecule has 1 aromatic carbocycles. The van der Waals surface area contributed by atoms with Crippen LogP contribution in [0.1, 0.15) is 40.7 Å². The lowest BCUT2D eigenvalue weighted by Gasteiger charge is -2.25. The number of benzene rings is 1. The summed E-state index contributed by atoms with van der Waals surface area (Å²) in [4.78, 5) is 4.50. The van der Waals surface area contributed by atoms with Crippen LogP contribution < -0.4 is 5.73 Å². The second kappa shape index (κ2) is 5.95. The lowest BCUT2D eigenvalue weighted by Crippen LogP contribution is -2.37. The maximum atomic E-state index is 6.10. The fourth-order valence-corrected chi connectivity index (χ4v) is 2.85. The first-order valence-corrected chi connectivity index (χ1v) is 7.35. The van der Waals surface area contributed by atoms with Gasteiger partial charge in [0.1, 0.15) is 0 Å². The van der Waals surface area contributed by atoms with Gasteiger partial charge in [-0.25, -0.2) is 0 Å². The zero-order chi connectivity index (χ0) is 14.8. The molecule has 0 saturated carbocycles. The molecule has 2 heterocycles. The summed E-state index contributed by atoms with van der Waals surface area (Å²) in [5.41, 5.74) is 9.80. The molecule has 1 fully saturated rings. The standard InChI is InChI=1S/C16H21N3O2/c1-10-5-11(2)7-12(6-10)8-15-18-16(21-19-15)13-9-20-4-3-14(13)17/h5-7,13-14H,3-4,8-9,17H2,1-2H3. The van der Waals surface area contributed by atoms with Crippen molar-refractivity contribution in [2.45, 2.75) is 38.6 Å². The maximum absolute atomic E-state index is 6.10. The Bertz CT molecular complexity index is 603. The molecule has 5 nitrogen and oxygen atoms in total. The van der Waals surface area contributed by atoms with Crippen LogP contribution in [0.25, 0.3) is 0 Å². The van der Waals surface area contributed by atoms with Crippen molar-refractivity contribution in [1.29, 1.82) is 0 Å². The van der Waals surface area contributed by atoms with Gasteiger partial charge in [-0.3, -0.25) is 0 Å². The summed E-state index contributed by atoms with van der Waals surface area (Å²) < 4.78 is 10.8. The number of hydrogen-bond donors (Lipinski definition) is 1. The second-order valence-electron chi connectivity index (χ2n) is 5.86. The number of aromatic nitrogens is 2. The monoisotopic (exact) mass is 287 g/mol. The van der Waals surface area contributed by atoms with Gasteiger partial charge in [0.2, 0.25) is 5.89 Å². The number of rotatable bonds is 3. The summed E-state index contributed by atoms with van der Waals surface area (Å²) in [6.07, 6.45) is 1.51. The first-order valence-electron chi connectivity index (χ1n) is 7.35. The molecule has 5 heteroatoms. The van der Waals surface area contributed by atoms with Gasteiger partial charge in [0, 0.05) is 19.1 Å². The SMILES string of the molecule is Cc1cc(C)cc(Cc2noc(C3COCCC3N)n2)c1. The third-order valence-electron chi connectivity index (χ3n) is 3.85. The Kier molecular flexibility index (Phi) is 4.03. The van der Waals surface area contributed by atoms with E-state index in [0.717, 1.165) is 6.42 Å². The Morgan fingerprint density at radius 1 is 1.24 bits per heavy atom. The Balaban J connectivity index is 1.75. The summed E-state index contributed by atoms with van der Waals surface area (Å²) in [7, 11) is 0. The van der Waals surface area contributed by atoms with E-state index in [4.69, 9.17) is 15.0 Å². The van der Waals surface area contributed by atoms with Gasteiger partial charge in [0.25, 0.3) is 0 Å². The minimum Gasteiger partial charge on any atom is -0.381 e. The Hall–Kier alpha value is -1.72. The Morgan fingerprint density at radius 2 is 2.00 bits per heavy atom. The molecule has 112 valence electrons. The third kappa shape index (κ3) is 3.31. The van der Waals surface area contributed by atoms with E-state index in [1.165, 1.54) is 16.7 Å². The molecule has 1 saturated heterocycles. The molecule has 0 radical (unpaired) electrons. The highest BCUT2D eigenvalue weighted by Crippen LogP contribution is 2.23. The van der Waals surface area contributed by atoms with E-state index in [0.29, 0.717) is 31.3 Å². The highest BCUT2D eigenvalue weighted by Gasteiger charge is 2.29. The molecule has 2 aromatic rings. The predicted molar refractivity (Wildman–Crippen MR) is 79.2 cm³/mol. The molecule has 1 aliphatic rings. The van der Waals surface area contributed by atoms with Crippen LogP contribution in [0.4, 0.5) is 0 Å². The molecular weight excluding hydrogens is 266 g/mol. The molecule has 0 spiro atoms. The smallest absolute Gasteiger partial charge is 0.233 e. The molecule has 2 atom stereocenters. The number of nitrogens with two attached hydrogens (primary N) is 1. The Morgan fingerprint density at radius 3 is 2.71 bits per heavy atom. The summed E-state index contributed by atoms with van der Waals surface area (Å²) in [5.74, 6) is 1.31. The zero-order valence-corrected chi connectivity index (χ0v) is 12.5. The van der Waals surface area contributed by atoms with Crippen molar-refractivity contribution in [2.24, 2.45) is 5.73 Å². The van der Waals surface area contributed by atoms with Crippen molar-refractivity contribution in [3.05, 3.63) is 46.6 Å². The number of aryl methyl sites for hydroxylation is 2. The van der Waals surface area contributed by atoms with Crippen LogP contribution in [0.3, 0.4) is 0 Å². The minimum absolute atomic E-state index is 0.0132. The molecule has 0 bridgehead atoms. The predicted octanol–water partition coefficient (Wildman–Crippen LogP) is 2.11. The fraction of sp³-hybridized carbons (Fsp3) is 0.500. The molecule has 3 rings (SSSR count). The molecule has 1 aliphatic heterocycles. The summed E-state index contributed by atoms with van der Waals surface area (Å²) >= 11 is 0. The van der Waals surface area contributed by atoms with Gasteiger partial charge < -0.3 is 15.0 Å². The highest BCUT2D eigenvalue weighted by atomic mass is 16.5. The van der Waals surface area contributed by atoms with Gasteiger partial charge in [0.15, 0.2) is 5.82 Å². The van der Waals surface area contributed by atoms with E-state index in [1.54, 1.807) is 0 Å². The lowest BCUT2D eigenvalue weighted by atomic mass is 9.97. The summed E-state index contributed by atoms with van der Waals surface area (Å²) in [6.45, 7) is 5.46. The average molecular weight is 287 g/mol. The van der Waals surface area contributed by atoms with Crippen LogP contribution in [0, 0.1) is 13.8 Å². The minimum atomic E-state index is 0.0132. The summed E-state index contributed by atoms with van der Waals surface area (Å²) in [6, 6.07) is 6.49. The maximum Gasteiger partial charge on any atom is 0.233 e. The zero-order valence-electron chi connectivity index (χ0n) is 12.5. The molecule has 0 amide bonds. The van der Waals surface area contributed by atoms with E-state index in [2.05, 4.69) is 42.2 Å². The lowest BCUT2D eigenvalue weighted by molar-refractivity contribution is 0.0590. The summed E-state index contributed by atoms with van der Waals surface area (Å²) in [5, 5.41) is 4.08. The first kappa shape index (κ1) is 14.2. The van der Waals surface area contributed by atoms with Crippen molar-refractivity contribution in [2.75, 3.05) is 13.2 Å². The van der Waals surface area contributed by atoms with Gasteiger partial charge in [0.05, 0.1) is 12.5 Å². The van der Waals surface area contributed by atoms with Gasteiger partial charge in [-0.15, -0.1) is 0 Å². The van der Waals surface area contributed by atoms with Crippen LogP contribution in [0.2, 0.25) is 0 Å². The molecule has 1 aromatic heterocycles. The molecule has 0 aliphatic carbocycles. The van der Waals surface area contributed by atoms with E-state index in [1.807, 2.05) is 0 Å². The van der Waals surface area contributed by atoms with E-state index in [-0.39, 0.29) is 12.0 Å². The van der Waals surface area contributed by atoms with Crippen LogP contribution in [-0.2, 0) is 11.2 Å². The van der Waals surface area contributed by atoms with Gasteiger partial charge >= 0.3 is 0 Å². The quantitative estimate of drug-likeness (QED) is 0.936. The van der Waals surface area contributed by atoms with Gasteiger partial charge in [-0.05, 0) is 25.8 Å². The number of hydrogen-bond acceptors (Lipinski definition) is 5. The normalized spacial score (nSPS) is 22.4.